The maximum Gasteiger partial charge on any atom is 0.155 e. The number of rotatable bonds is 1. The Balaban J connectivity index is 1.68. The van der Waals surface area contributed by atoms with Crippen molar-refractivity contribution in [2.24, 2.45) is 34.5 Å². The Labute approximate surface area is 140 Å². The highest BCUT2D eigenvalue weighted by atomic mass is 16.3. The predicted octanol–water partition coefficient (Wildman–Crippen LogP) is 4.52. The largest absolute Gasteiger partial charge is 0.393 e. The number of ketones is 1. The lowest BCUT2D eigenvalue weighted by Gasteiger charge is -2.58. The van der Waals surface area contributed by atoms with E-state index in [1.807, 2.05) is 6.08 Å². The van der Waals surface area contributed by atoms with E-state index in [1.165, 1.54) is 24.8 Å². The van der Waals surface area contributed by atoms with Crippen LogP contribution in [0.4, 0.5) is 0 Å². The van der Waals surface area contributed by atoms with Crippen LogP contribution in [0, 0.1) is 34.5 Å². The molecule has 1 N–H and O–H groups in total. The fourth-order valence-corrected chi connectivity index (χ4v) is 7.41. The van der Waals surface area contributed by atoms with Crippen LogP contribution in [0.2, 0.25) is 0 Å². The van der Waals surface area contributed by atoms with Crippen molar-refractivity contribution < 1.29 is 9.90 Å². The number of aliphatic hydroxyl groups is 1. The molecule has 7 atom stereocenters. The third-order valence-corrected chi connectivity index (χ3v) is 8.65. The summed E-state index contributed by atoms with van der Waals surface area (Å²) in [6.45, 7) is 7.16. The van der Waals surface area contributed by atoms with E-state index in [4.69, 9.17) is 0 Å². The first kappa shape index (κ1) is 15.9. The molecule has 0 amide bonds. The van der Waals surface area contributed by atoms with Gasteiger partial charge in [0.1, 0.15) is 0 Å². The minimum Gasteiger partial charge on any atom is -0.393 e. The Kier molecular flexibility index (Phi) is 3.58. The number of carbonyl (C=O) groups is 1. The molecule has 0 spiro atoms. The average molecular weight is 316 g/mol. The lowest BCUT2D eigenvalue weighted by Crippen LogP contribution is -2.50. The van der Waals surface area contributed by atoms with Crippen LogP contribution in [0.25, 0.3) is 0 Å². The Hall–Kier alpha value is -0.630. The van der Waals surface area contributed by atoms with Gasteiger partial charge >= 0.3 is 0 Å². The van der Waals surface area contributed by atoms with Gasteiger partial charge in [0.25, 0.3) is 0 Å². The topological polar surface area (TPSA) is 37.3 Å². The van der Waals surface area contributed by atoms with E-state index < -0.39 is 0 Å². The number of fused-ring (bicyclic) bond motifs is 5. The van der Waals surface area contributed by atoms with E-state index in [2.05, 4.69) is 20.8 Å². The van der Waals surface area contributed by atoms with E-state index >= 15 is 0 Å². The molecule has 23 heavy (non-hydrogen) atoms. The van der Waals surface area contributed by atoms with Crippen LogP contribution in [-0.2, 0) is 4.79 Å². The third-order valence-electron chi connectivity index (χ3n) is 8.65. The maximum absolute atomic E-state index is 11.9. The summed E-state index contributed by atoms with van der Waals surface area (Å²) in [6.07, 6.45) is 10.7. The zero-order valence-electron chi connectivity index (χ0n) is 15.0. The Morgan fingerprint density at radius 1 is 1.17 bits per heavy atom. The third kappa shape index (κ3) is 2.06. The smallest absolute Gasteiger partial charge is 0.155 e. The summed E-state index contributed by atoms with van der Waals surface area (Å²) in [5, 5.41) is 10.7. The van der Waals surface area contributed by atoms with Crippen molar-refractivity contribution in [3.05, 3.63) is 11.6 Å². The molecule has 4 aliphatic carbocycles. The van der Waals surface area contributed by atoms with Crippen molar-refractivity contribution in [1.29, 1.82) is 0 Å². The fourth-order valence-electron chi connectivity index (χ4n) is 7.41. The molecular weight excluding hydrogens is 284 g/mol. The summed E-state index contributed by atoms with van der Waals surface area (Å²) in [7, 11) is 0. The van der Waals surface area contributed by atoms with E-state index in [9.17, 15) is 9.90 Å². The van der Waals surface area contributed by atoms with Crippen LogP contribution in [0.15, 0.2) is 11.6 Å². The highest BCUT2D eigenvalue weighted by Crippen LogP contribution is 2.66. The van der Waals surface area contributed by atoms with Gasteiger partial charge in [0.05, 0.1) is 6.10 Å². The van der Waals surface area contributed by atoms with Crippen molar-refractivity contribution >= 4 is 5.78 Å². The summed E-state index contributed by atoms with van der Waals surface area (Å²) in [5.41, 5.74) is 2.05. The van der Waals surface area contributed by atoms with Gasteiger partial charge in [-0.15, -0.1) is 0 Å². The second-order valence-electron chi connectivity index (χ2n) is 9.33. The predicted molar refractivity (Wildman–Crippen MR) is 91.9 cm³/mol. The van der Waals surface area contributed by atoms with Gasteiger partial charge < -0.3 is 5.11 Å². The van der Waals surface area contributed by atoms with Crippen molar-refractivity contribution in [2.45, 2.75) is 78.2 Å². The summed E-state index contributed by atoms with van der Waals surface area (Å²) in [5.74, 6) is 3.02. The van der Waals surface area contributed by atoms with Crippen molar-refractivity contribution in [3.63, 3.8) is 0 Å². The quantitative estimate of drug-likeness (QED) is 0.772. The molecule has 0 aromatic heterocycles. The molecule has 0 heterocycles. The molecule has 3 fully saturated rings. The molecule has 0 radical (unpaired) electrons. The second-order valence-corrected chi connectivity index (χ2v) is 9.33. The number of aliphatic hydroxyl groups excluding tert-OH is 1. The van der Waals surface area contributed by atoms with Gasteiger partial charge in [0.15, 0.2) is 5.78 Å². The van der Waals surface area contributed by atoms with Crippen molar-refractivity contribution in [1.82, 2.24) is 0 Å². The molecule has 4 rings (SSSR count). The van der Waals surface area contributed by atoms with E-state index in [0.29, 0.717) is 23.0 Å². The second kappa shape index (κ2) is 5.18. The number of carbonyl (C=O) groups excluding carboxylic acids is 1. The lowest BCUT2D eigenvalue weighted by molar-refractivity contribution is -0.117. The van der Waals surface area contributed by atoms with Crippen LogP contribution in [-0.4, -0.2) is 17.0 Å². The highest BCUT2D eigenvalue weighted by molar-refractivity contribution is 5.91. The van der Waals surface area contributed by atoms with Crippen LogP contribution >= 0.6 is 0 Å². The van der Waals surface area contributed by atoms with Gasteiger partial charge in [-0.3, -0.25) is 4.79 Å². The van der Waals surface area contributed by atoms with E-state index in [0.717, 1.165) is 43.9 Å². The maximum atomic E-state index is 11.9. The summed E-state index contributed by atoms with van der Waals surface area (Å²) in [6, 6.07) is 0. The minimum absolute atomic E-state index is 0.0913. The van der Waals surface area contributed by atoms with E-state index in [-0.39, 0.29) is 11.5 Å². The van der Waals surface area contributed by atoms with Crippen LogP contribution < -0.4 is 0 Å². The molecule has 128 valence electrons. The van der Waals surface area contributed by atoms with Crippen LogP contribution in [0.5, 0.6) is 0 Å². The minimum atomic E-state index is -0.0913. The number of allylic oxidation sites excluding steroid dienone is 1. The highest BCUT2D eigenvalue weighted by Gasteiger charge is 2.60. The van der Waals surface area contributed by atoms with Crippen LogP contribution in [0.3, 0.4) is 0 Å². The molecule has 0 bridgehead atoms. The SMILES string of the molecule is CC[C@H]1C(O)C[C@H]2[C@@H]3CCC4=CC(=O)CC[C@]4(C)[C@H]3CC[C@]12C. The lowest BCUT2D eigenvalue weighted by atomic mass is 9.47. The summed E-state index contributed by atoms with van der Waals surface area (Å²) >= 11 is 0. The summed E-state index contributed by atoms with van der Waals surface area (Å²) in [4.78, 5) is 11.9. The first-order valence-corrected chi connectivity index (χ1v) is 9.82. The molecule has 2 heteroatoms. The Morgan fingerprint density at radius 3 is 2.70 bits per heavy atom. The van der Waals surface area contributed by atoms with Crippen molar-refractivity contribution in [2.75, 3.05) is 0 Å². The molecular formula is C21H32O2. The number of hydrogen-bond donors (Lipinski definition) is 1. The average Bonchev–Trinajstić information content (AvgIpc) is 2.77. The van der Waals surface area contributed by atoms with E-state index in [1.54, 1.807) is 0 Å². The van der Waals surface area contributed by atoms with Gasteiger partial charge in [0, 0.05) is 6.42 Å². The molecule has 4 aliphatic rings. The molecule has 2 nitrogen and oxygen atoms in total. The molecule has 3 saturated carbocycles. The molecule has 0 aromatic carbocycles. The first-order valence-electron chi connectivity index (χ1n) is 9.82. The monoisotopic (exact) mass is 316 g/mol. The van der Waals surface area contributed by atoms with Gasteiger partial charge in [-0.05, 0) is 79.1 Å². The standard InChI is InChI=1S/C21H32O2/c1-4-16-19(23)12-18-15-6-5-13-11-14(22)7-9-20(13,2)17(15)8-10-21(16,18)3/h11,15-19,23H,4-10,12H2,1-3H3/t15-,16+,17+,18+,19?,20+,21-/m1/s1. The molecule has 0 aromatic rings. The van der Waals surface area contributed by atoms with Gasteiger partial charge in [0.2, 0.25) is 0 Å². The molecule has 1 unspecified atom stereocenters. The Morgan fingerprint density at radius 2 is 1.96 bits per heavy atom. The summed E-state index contributed by atoms with van der Waals surface area (Å²) < 4.78 is 0. The Bertz CT molecular complexity index is 550. The first-order chi connectivity index (χ1) is 10.9. The zero-order valence-corrected chi connectivity index (χ0v) is 15.0. The molecule has 0 saturated heterocycles. The fraction of sp³-hybridized carbons (Fsp3) is 0.857. The van der Waals surface area contributed by atoms with Crippen LogP contribution in [0.1, 0.15) is 72.1 Å². The van der Waals surface area contributed by atoms with Gasteiger partial charge in [-0.1, -0.05) is 32.8 Å². The zero-order chi connectivity index (χ0) is 16.4. The normalized spacial score (nSPS) is 52.4. The van der Waals surface area contributed by atoms with Gasteiger partial charge in [-0.25, -0.2) is 0 Å². The van der Waals surface area contributed by atoms with Crippen molar-refractivity contribution in [3.8, 4) is 0 Å². The molecule has 0 aliphatic heterocycles. The van der Waals surface area contributed by atoms with Gasteiger partial charge in [-0.2, -0.15) is 0 Å². The number of hydrogen-bond acceptors (Lipinski definition) is 2.